The van der Waals surface area contributed by atoms with Crippen LogP contribution in [0.25, 0.3) is 0 Å². The van der Waals surface area contributed by atoms with Crippen molar-refractivity contribution in [3.8, 4) is 5.75 Å². The predicted molar refractivity (Wildman–Crippen MR) is 66.9 cm³/mol. The Labute approximate surface area is 116 Å². The van der Waals surface area contributed by atoms with E-state index >= 15 is 0 Å². The number of rotatable bonds is 5. The third-order valence-electron chi connectivity index (χ3n) is 2.37. The van der Waals surface area contributed by atoms with Crippen molar-refractivity contribution >= 4 is 21.6 Å². The fourth-order valence-corrected chi connectivity index (χ4v) is 1.93. The number of aliphatic hydroxyl groups excluding tert-OH is 2. The Kier molecular flexibility index (Phi) is 5.45. The Morgan fingerprint density at radius 1 is 1.32 bits per heavy atom. The minimum absolute atomic E-state index is 0.223. The number of alkyl halides is 4. The number of ether oxygens (including phenoxy) is 1. The van der Waals surface area contributed by atoms with Gasteiger partial charge in [-0.25, -0.2) is 0 Å². The van der Waals surface area contributed by atoms with Crippen molar-refractivity contribution < 1.29 is 28.1 Å². The van der Waals surface area contributed by atoms with Gasteiger partial charge in [-0.15, -0.1) is 13.2 Å². The number of halogens is 4. The van der Waals surface area contributed by atoms with E-state index in [4.69, 9.17) is 5.73 Å². The quantitative estimate of drug-likeness (QED) is 0.566. The van der Waals surface area contributed by atoms with E-state index in [0.717, 1.165) is 12.1 Å². The third kappa shape index (κ3) is 4.88. The van der Waals surface area contributed by atoms with Gasteiger partial charge < -0.3 is 20.7 Å². The maximum absolute atomic E-state index is 12.0. The van der Waals surface area contributed by atoms with Gasteiger partial charge in [-0.3, -0.25) is 0 Å². The Morgan fingerprint density at radius 3 is 2.42 bits per heavy atom. The molecule has 8 heteroatoms. The predicted octanol–water partition coefficient (Wildman–Crippen LogP) is 2.35. The van der Waals surface area contributed by atoms with Gasteiger partial charge in [0.15, 0.2) is 5.75 Å². The van der Waals surface area contributed by atoms with Gasteiger partial charge in [0.2, 0.25) is 0 Å². The van der Waals surface area contributed by atoms with E-state index in [1.807, 2.05) is 0 Å². The van der Waals surface area contributed by atoms with Gasteiger partial charge in [0, 0.05) is 5.33 Å². The highest BCUT2D eigenvalue weighted by molar-refractivity contribution is 9.09. The van der Waals surface area contributed by atoms with Crippen molar-refractivity contribution in [2.75, 3.05) is 11.1 Å². The van der Waals surface area contributed by atoms with Gasteiger partial charge in [-0.05, 0) is 24.1 Å². The molecule has 0 aliphatic rings. The number of hydrogen-bond donors (Lipinski definition) is 3. The number of benzene rings is 1. The van der Waals surface area contributed by atoms with Crippen LogP contribution < -0.4 is 10.5 Å². The zero-order valence-corrected chi connectivity index (χ0v) is 11.3. The minimum Gasteiger partial charge on any atom is -0.404 e. The lowest BCUT2D eigenvalue weighted by molar-refractivity contribution is -0.274. The van der Waals surface area contributed by atoms with Gasteiger partial charge in [0.25, 0.3) is 0 Å². The van der Waals surface area contributed by atoms with Crippen LogP contribution in [0.4, 0.5) is 18.9 Å². The molecule has 108 valence electrons. The van der Waals surface area contributed by atoms with Gasteiger partial charge in [-0.2, -0.15) is 0 Å². The second-order valence-electron chi connectivity index (χ2n) is 3.83. The molecule has 0 aliphatic carbocycles. The summed E-state index contributed by atoms with van der Waals surface area (Å²) in [7, 11) is 0. The van der Waals surface area contributed by atoms with Crippen LogP contribution in [-0.2, 0) is 0 Å². The second-order valence-corrected chi connectivity index (χ2v) is 4.63. The van der Waals surface area contributed by atoms with E-state index in [2.05, 4.69) is 20.7 Å². The molecule has 0 amide bonds. The first-order valence-corrected chi connectivity index (χ1v) is 6.44. The first kappa shape index (κ1) is 16.1. The van der Waals surface area contributed by atoms with Crippen molar-refractivity contribution in [2.24, 2.45) is 0 Å². The summed E-state index contributed by atoms with van der Waals surface area (Å²) >= 11 is 3.11. The molecular weight excluding hydrogens is 331 g/mol. The van der Waals surface area contributed by atoms with Crippen LogP contribution in [0.3, 0.4) is 0 Å². The normalized spacial score (nSPS) is 15.1. The lowest BCUT2D eigenvalue weighted by Crippen LogP contribution is -2.20. The van der Waals surface area contributed by atoms with Crippen LogP contribution in [0.2, 0.25) is 0 Å². The van der Waals surface area contributed by atoms with Gasteiger partial charge >= 0.3 is 6.36 Å². The fraction of sp³-hybridized carbons (Fsp3) is 0.455. The number of nitrogen functional groups attached to an aromatic ring is 1. The van der Waals surface area contributed by atoms with E-state index < -0.39 is 24.3 Å². The third-order valence-corrected chi connectivity index (χ3v) is 2.83. The first-order chi connectivity index (χ1) is 8.74. The molecule has 0 bridgehead atoms. The molecule has 0 radical (unpaired) electrons. The Hall–Kier alpha value is -0.990. The van der Waals surface area contributed by atoms with Crippen LogP contribution in [0.1, 0.15) is 18.1 Å². The summed E-state index contributed by atoms with van der Waals surface area (Å²) in [6.07, 6.45) is -6.79. The largest absolute Gasteiger partial charge is 0.573 e. The molecule has 1 aromatic carbocycles. The fourth-order valence-electron chi connectivity index (χ4n) is 1.46. The standard InChI is InChI=1S/C11H13BrF3NO3/c12-4-3-8(17)10(18)6-1-2-9(7(16)5-6)19-11(13,14)15/h1-2,5,8,10,17-18H,3-4,16H2. The highest BCUT2D eigenvalue weighted by Crippen LogP contribution is 2.31. The highest BCUT2D eigenvalue weighted by Gasteiger charge is 2.32. The number of aliphatic hydroxyl groups is 2. The molecule has 0 fully saturated rings. The Morgan fingerprint density at radius 2 is 1.95 bits per heavy atom. The number of nitrogens with two attached hydrogens (primary N) is 1. The number of anilines is 1. The van der Waals surface area contributed by atoms with E-state index in [0.29, 0.717) is 11.8 Å². The molecule has 0 saturated heterocycles. The molecule has 0 aromatic heterocycles. The lowest BCUT2D eigenvalue weighted by Gasteiger charge is -2.18. The van der Waals surface area contributed by atoms with Crippen LogP contribution in [-0.4, -0.2) is 28.0 Å². The number of hydrogen-bond acceptors (Lipinski definition) is 4. The summed E-state index contributed by atoms with van der Waals surface area (Å²) in [6.45, 7) is 0. The van der Waals surface area contributed by atoms with E-state index in [1.54, 1.807) is 0 Å². The van der Waals surface area contributed by atoms with Crippen molar-refractivity contribution in [1.29, 1.82) is 0 Å². The van der Waals surface area contributed by atoms with Crippen molar-refractivity contribution in [3.05, 3.63) is 23.8 Å². The summed E-state index contributed by atoms with van der Waals surface area (Å²) in [6, 6.07) is 3.37. The molecule has 1 aromatic rings. The van der Waals surface area contributed by atoms with E-state index in [1.165, 1.54) is 6.07 Å². The molecule has 2 atom stereocenters. The van der Waals surface area contributed by atoms with Crippen molar-refractivity contribution in [2.45, 2.75) is 25.0 Å². The topological polar surface area (TPSA) is 75.7 Å². The lowest BCUT2D eigenvalue weighted by atomic mass is 10.0. The summed E-state index contributed by atoms with van der Waals surface area (Å²) in [5.74, 6) is -0.543. The smallest absolute Gasteiger partial charge is 0.404 e. The summed E-state index contributed by atoms with van der Waals surface area (Å²) in [5, 5.41) is 19.8. The molecule has 2 unspecified atom stereocenters. The Balaban J connectivity index is 2.87. The Bertz CT molecular complexity index is 428. The maximum atomic E-state index is 12.0. The summed E-state index contributed by atoms with van der Waals surface area (Å²) in [4.78, 5) is 0. The second kappa shape index (κ2) is 6.44. The molecule has 0 saturated carbocycles. The highest BCUT2D eigenvalue weighted by atomic mass is 79.9. The minimum atomic E-state index is -4.83. The van der Waals surface area contributed by atoms with Crippen LogP contribution in [0.5, 0.6) is 5.75 Å². The van der Waals surface area contributed by atoms with Crippen LogP contribution in [0.15, 0.2) is 18.2 Å². The summed E-state index contributed by atoms with van der Waals surface area (Å²) in [5.41, 5.74) is 5.37. The van der Waals surface area contributed by atoms with Crippen LogP contribution in [0, 0.1) is 0 Å². The first-order valence-electron chi connectivity index (χ1n) is 5.32. The SMILES string of the molecule is Nc1cc(C(O)C(O)CCBr)ccc1OC(F)(F)F. The molecule has 4 nitrogen and oxygen atoms in total. The average molecular weight is 344 g/mol. The van der Waals surface area contributed by atoms with Gasteiger partial charge in [0.1, 0.15) is 6.10 Å². The zero-order chi connectivity index (χ0) is 14.6. The van der Waals surface area contributed by atoms with Gasteiger partial charge in [0.05, 0.1) is 11.8 Å². The molecule has 0 aliphatic heterocycles. The summed E-state index contributed by atoms with van der Waals surface area (Å²) < 4.78 is 39.8. The maximum Gasteiger partial charge on any atom is 0.573 e. The van der Waals surface area contributed by atoms with E-state index in [9.17, 15) is 23.4 Å². The molecule has 0 heterocycles. The van der Waals surface area contributed by atoms with Crippen molar-refractivity contribution in [1.82, 2.24) is 0 Å². The van der Waals surface area contributed by atoms with Crippen molar-refractivity contribution in [3.63, 3.8) is 0 Å². The van der Waals surface area contributed by atoms with Gasteiger partial charge in [-0.1, -0.05) is 22.0 Å². The molecule has 1 rings (SSSR count). The van der Waals surface area contributed by atoms with Crippen LogP contribution >= 0.6 is 15.9 Å². The van der Waals surface area contributed by atoms with E-state index in [-0.39, 0.29) is 11.3 Å². The molecule has 0 spiro atoms. The molecule has 19 heavy (non-hydrogen) atoms. The monoisotopic (exact) mass is 343 g/mol. The molecule has 4 N–H and O–H groups in total. The molecular formula is C11H13BrF3NO3. The zero-order valence-electron chi connectivity index (χ0n) is 9.69. The average Bonchev–Trinajstić information content (AvgIpc) is 2.29.